The Balaban J connectivity index is 2.44. The summed E-state index contributed by atoms with van der Waals surface area (Å²) in [4.78, 5) is 11.9. The first-order valence-electron chi connectivity index (χ1n) is 3.96. The van der Waals surface area contributed by atoms with Crippen molar-refractivity contribution in [3.8, 4) is 0 Å². The maximum Gasteiger partial charge on any atom is 0.215 e. The van der Waals surface area contributed by atoms with Crippen molar-refractivity contribution in [2.24, 2.45) is 7.05 Å². The zero-order valence-electron chi connectivity index (χ0n) is 7.40. The third kappa shape index (κ3) is 1.39. The number of carbonyl (C=O) groups excluding carboxylic acids is 1. The van der Waals surface area contributed by atoms with Crippen molar-refractivity contribution in [2.75, 3.05) is 0 Å². The maximum absolute atomic E-state index is 11.9. The van der Waals surface area contributed by atoms with E-state index in [1.807, 2.05) is 0 Å². The summed E-state index contributed by atoms with van der Waals surface area (Å²) in [6.07, 6.45) is 3.05. The van der Waals surface area contributed by atoms with Gasteiger partial charge in [-0.1, -0.05) is 0 Å². The van der Waals surface area contributed by atoms with Crippen LogP contribution in [0.4, 0.5) is 0 Å². The molecule has 0 radical (unpaired) electrons. The SMILES string of the molecule is Cn1nccc1C(=O)c1ccoc1Br. The molecule has 4 nitrogen and oxygen atoms in total. The summed E-state index contributed by atoms with van der Waals surface area (Å²) >= 11 is 3.16. The molecule has 0 unspecified atom stereocenters. The molecule has 2 heterocycles. The van der Waals surface area contributed by atoms with Crippen molar-refractivity contribution in [2.45, 2.75) is 0 Å². The zero-order valence-corrected chi connectivity index (χ0v) is 8.98. The second-order valence-corrected chi connectivity index (χ2v) is 3.50. The Hall–Kier alpha value is -1.36. The second kappa shape index (κ2) is 3.42. The molecule has 0 spiro atoms. The van der Waals surface area contributed by atoms with E-state index in [1.165, 1.54) is 10.9 Å². The summed E-state index contributed by atoms with van der Waals surface area (Å²) < 4.78 is 6.97. The Labute approximate surface area is 88.6 Å². The predicted octanol–water partition coefficient (Wildman–Crippen LogP) is 2.01. The van der Waals surface area contributed by atoms with Crippen LogP contribution in [0.15, 0.2) is 33.7 Å². The van der Waals surface area contributed by atoms with Gasteiger partial charge in [0.1, 0.15) is 5.69 Å². The highest BCUT2D eigenvalue weighted by Gasteiger charge is 2.17. The molecule has 14 heavy (non-hydrogen) atoms. The number of ketones is 1. The van der Waals surface area contributed by atoms with Gasteiger partial charge in [0.25, 0.3) is 0 Å². The van der Waals surface area contributed by atoms with Crippen molar-refractivity contribution in [1.82, 2.24) is 9.78 Å². The summed E-state index contributed by atoms with van der Waals surface area (Å²) in [6, 6.07) is 3.29. The summed E-state index contributed by atoms with van der Waals surface area (Å²) in [5.41, 5.74) is 1.04. The summed E-state index contributed by atoms with van der Waals surface area (Å²) in [7, 11) is 1.72. The molecule has 2 aromatic heterocycles. The standard InChI is InChI=1S/C9H7BrN2O2/c1-12-7(2-4-11-12)8(13)6-3-5-14-9(6)10/h2-5H,1H3. The molecule has 0 saturated carbocycles. The molecule has 0 atom stereocenters. The van der Waals surface area contributed by atoms with Gasteiger partial charge in [0.2, 0.25) is 5.78 Å². The summed E-state index contributed by atoms with van der Waals surface area (Å²) in [6.45, 7) is 0. The predicted molar refractivity (Wildman–Crippen MR) is 53.0 cm³/mol. The first-order chi connectivity index (χ1) is 6.70. The number of aromatic nitrogens is 2. The average Bonchev–Trinajstić information content (AvgIpc) is 2.73. The molecule has 0 fully saturated rings. The van der Waals surface area contributed by atoms with E-state index in [9.17, 15) is 4.79 Å². The molecule has 0 amide bonds. The summed E-state index contributed by atoms with van der Waals surface area (Å²) in [5.74, 6) is -0.106. The van der Waals surface area contributed by atoms with Gasteiger partial charge in [0.15, 0.2) is 4.67 Å². The molecule has 0 saturated heterocycles. The van der Waals surface area contributed by atoms with Crippen LogP contribution in [0.2, 0.25) is 0 Å². The van der Waals surface area contributed by atoms with Crippen LogP contribution in [-0.4, -0.2) is 15.6 Å². The molecule has 0 bridgehead atoms. The number of furan rings is 1. The zero-order chi connectivity index (χ0) is 10.1. The molecule has 0 aromatic carbocycles. The molecular weight excluding hydrogens is 248 g/mol. The van der Waals surface area contributed by atoms with Gasteiger partial charge in [-0.2, -0.15) is 5.10 Å². The summed E-state index contributed by atoms with van der Waals surface area (Å²) in [5, 5.41) is 3.93. The lowest BCUT2D eigenvalue weighted by atomic mass is 10.2. The van der Waals surface area contributed by atoms with Crippen molar-refractivity contribution in [3.05, 3.63) is 40.5 Å². The van der Waals surface area contributed by atoms with Gasteiger partial charge >= 0.3 is 0 Å². The molecule has 5 heteroatoms. The Morgan fingerprint density at radius 1 is 1.57 bits per heavy atom. The third-order valence-electron chi connectivity index (χ3n) is 1.92. The van der Waals surface area contributed by atoms with Crippen molar-refractivity contribution in [1.29, 1.82) is 0 Å². The van der Waals surface area contributed by atoms with E-state index in [0.717, 1.165) is 0 Å². The van der Waals surface area contributed by atoms with Crippen LogP contribution < -0.4 is 0 Å². The minimum Gasteiger partial charge on any atom is -0.457 e. The normalized spacial score (nSPS) is 10.4. The molecule has 0 aliphatic heterocycles. The van der Waals surface area contributed by atoms with Gasteiger partial charge < -0.3 is 4.42 Å². The molecule has 0 aliphatic rings. The minimum absolute atomic E-state index is 0.106. The van der Waals surface area contributed by atoms with Gasteiger partial charge in [-0.05, 0) is 28.1 Å². The van der Waals surface area contributed by atoms with Crippen LogP contribution in [0.5, 0.6) is 0 Å². The Kier molecular flexibility index (Phi) is 2.25. The molecule has 2 aromatic rings. The van der Waals surface area contributed by atoms with Gasteiger partial charge in [-0.3, -0.25) is 9.48 Å². The van der Waals surface area contributed by atoms with Gasteiger partial charge in [0.05, 0.1) is 11.8 Å². The average molecular weight is 255 g/mol. The van der Waals surface area contributed by atoms with Crippen LogP contribution in [0.1, 0.15) is 16.1 Å². The Morgan fingerprint density at radius 2 is 2.36 bits per heavy atom. The Morgan fingerprint density at radius 3 is 2.86 bits per heavy atom. The number of hydrogen-bond donors (Lipinski definition) is 0. The fraction of sp³-hybridized carbons (Fsp3) is 0.111. The number of hydrogen-bond acceptors (Lipinski definition) is 3. The maximum atomic E-state index is 11.9. The van der Waals surface area contributed by atoms with E-state index in [4.69, 9.17) is 4.42 Å². The van der Waals surface area contributed by atoms with E-state index < -0.39 is 0 Å². The number of carbonyl (C=O) groups is 1. The van der Waals surface area contributed by atoms with E-state index >= 15 is 0 Å². The fourth-order valence-electron chi connectivity index (χ4n) is 1.19. The monoisotopic (exact) mass is 254 g/mol. The van der Waals surface area contributed by atoms with Crippen LogP contribution in [0, 0.1) is 0 Å². The van der Waals surface area contributed by atoms with Crippen LogP contribution in [0.25, 0.3) is 0 Å². The molecular formula is C9H7BrN2O2. The lowest BCUT2D eigenvalue weighted by Crippen LogP contribution is -2.07. The van der Waals surface area contributed by atoms with Gasteiger partial charge in [-0.25, -0.2) is 0 Å². The van der Waals surface area contributed by atoms with E-state index in [1.54, 1.807) is 25.4 Å². The lowest BCUT2D eigenvalue weighted by Gasteiger charge is -1.98. The van der Waals surface area contributed by atoms with E-state index in [0.29, 0.717) is 15.9 Å². The van der Waals surface area contributed by atoms with Gasteiger partial charge in [-0.15, -0.1) is 0 Å². The van der Waals surface area contributed by atoms with Crippen molar-refractivity contribution >= 4 is 21.7 Å². The van der Waals surface area contributed by atoms with Crippen LogP contribution >= 0.6 is 15.9 Å². The molecule has 0 aliphatic carbocycles. The molecule has 2 rings (SSSR count). The number of nitrogens with zero attached hydrogens (tertiary/aromatic N) is 2. The molecule has 0 N–H and O–H groups in total. The smallest absolute Gasteiger partial charge is 0.215 e. The molecule has 72 valence electrons. The first-order valence-corrected chi connectivity index (χ1v) is 4.75. The number of aryl methyl sites for hydroxylation is 1. The highest BCUT2D eigenvalue weighted by molar-refractivity contribution is 9.10. The first kappa shape index (κ1) is 9.21. The Bertz CT molecular complexity index is 430. The van der Waals surface area contributed by atoms with Crippen molar-refractivity contribution in [3.63, 3.8) is 0 Å². The van der Waals surface area contributed by atoms with E-state index in [-0.39, 0.29) is 5.78 Å². The highest BCUT2D eigenvalue weighted by Crippen LogP contribution is 2.20. The van der Waals surface area contributed by atoms with E-state index in [2.05, 4.69) is 21.0 Å². The number of halogens is 1. The largest absolute Gasteiger partial charge is 0.457 e. The minimum atomic E-state index is -0.106. The lowest BCUT2D eigenvalue weighted by molar-refractivity contribution is 0.102. The number of rotatable bonds is 2. The topological polar surface area (TPSA) is 48.0 Å². The van der Waals surface area contributed by atoms with Gasteiger partial charge in [0, 0.05) is 13.2 Å². The van der Waals surface area contributed by atoms with Crippen molar-refractivity contribution < 1.29 is 9.21 Å². The fourth-order valence-corrected chi connectivity index (χ4v) is 1.61. The quantitative estimate of drug-likeness (QED) is 0.771. The third-order valence-corrected chi connectivity index (χ3v) is 2.53. The van der Waals surface area contributed by atoms with Crippen LogP contribution in [-0.2, 0) is 7.05 Å². The second-order valence-electron chi connectivity index (χ2n) is 2.78. The van der Waals surface area contributed by atoms with Crippen LogP contribution in [0.3, 0.4) is 0 Å². The highest BCUT2D eigenvalue weighted by atomic mass is 79.9.